The number of thiocarbonyl (C=S) groups is 1. The molecular weight excluding hydrogens is 274 g/mol. The van der Waals surface area contributed by atoms with Crippen LogP contribution in [0.4, 0.5) is 0 Å². The second-order valence-electron chi connectivity index (χ2n) is 4.64. The van der Waals surface area contributed by atoms with Crippen LogP contribution < -0.4 is 16.9 Å². The SMILES string of the molecule is Cc1c(C)c(=O)n(Cc2ccc(C(N)=S)cc2)[nH]c1=O. The molecule has 0 aliphatic rings. The molecule has 0 unspecified atom stereocenters. The number of hydrogen-bond acceptors (Lipinski definition) is 3. The molecule has 1 aromatic heterocycles. The van der Waals surface area contributed by atoms with Gasteiger partial charge in [0.2, 0.25) is 0 Å². The Morgan fingerprint density at radius 3 is 2.35 bits per heavy atom. The van der Waals surface area contributed by atoms with Gasteiger partial charge >= 0.3 is 0 Å². The maximum Gasteiger partial charge on any atom is 0.268 e. The number of rotatable bonds is 3. The van der Waals surface area contributed by atoms with Crippen LogP contribution in [-0.4, -0.2) is 14.8 Å². The van der Waals surface area contributed by atoms with Crippen molar-refractivity contribution < 1.29 is 0 Å². The highest BCUT2D eigenvalue weighted by Crippen LogP contribution is 2.05. The van der Waals surface area contributed by atoms with E-state index in [9.17, 15) is 9.59 Å². The Labute approximate surface area is 121 Å². The minimum atomic E-state index is -0.248. The Kier molecular flexibility index (Phi) is 3.85. The van der Waals surface area contributed by atoms with Crippen molar-refractivity contribution in [1.29, 1.82) is 0 Å². The van der Waals surface area contributed by atoms with Crippen LogP contribution in [0.5, 0.6) is 0 Å². The fraction of sp³-hybridized carbons (Fsp3) is 0.214. The molecule has 0 amide bonds. The van der Waals surface area contributed by atoms with E-state index in [-0.39, 0.29) is 11.1 Å². The molecule has 5 nitrogen and oxygen atoms in total. The maximum atomic E-state index is 12.1. The van der Waals surface area contributed by atoms with Crippen LogP contribution in [0.25, 0.3) is 0 Å². The largest absolute Gasteiger partial charge is 0.389 e. The Morgan fingerprint density at radius 1 is 1.20 bits per heavy atom. The van der Waals surface area contributed by atoms with E-state index in [1.54, 1.807) is 26.0 Å². The van der Waals surface area contributed by atoms with Gasteiger partial charge in [-0.25, -0.2) is 4.68 Å². The van der Waals surface area contributed by atoms with Crippen molar-refractivity contribution in [2.24, 2.45) is 5.73 Å². The highest BCUT2D eigenvalue weighted by atomic mass is 32.1. The highest BCUT2D eigenvalue weighted by molar-refractivity contribution is 7.80. The van der Waals surface area contributed by atoms with Crippen molar-refractivity contribution in [2.45, 2.75) is 20.4 Å². The smallest absolute Gasteiger partial charge is 0.268 e. The van der Waals surface area contributed by atoms with Gasteiger partial charge in [-0.05, 0) is 19.4 Å². The summed E-state index contributed by atoms with van der Waals surface area (Å²) in [5, 5.41) is 2.57. The molecular formula is C14H15N3O2S. The van der Waals surface area contributed by atoms with Gasteiger partial charge in [0.1, 0.15) is 4.99 Å². The molecule has 0 aliphatic heterocycles. The van der Waals surface area contributed by atoms with E-state index in [1.807, 2.05) is 12.1 Å². The van der Waals surface area contributed by atoms with Crippen LogP contribution in [0.15, 0.2) is 33.9 Å². The van der Waals surface area contributed by atoms with Crippen LogP contribution in [0.1, 0.15) is 22.3 Å². The first-order chi connectivity index (χ1) is 9.40. The predicted octanol–water partition coefficient (Wildman–Crippen LogP) is 0.836. The summed E-state index contributed by atoms with van der Waals surface area (Å²) in [6, 6.07) is 7.24. The van der Waals surface area contributed by atoms with Crippen molar-refractivity contribution in [1.82, 2.24) is 9.78 Å². The predicted molar refractivity (Wildman–Crippen MR) is 82.2 cm³/mol. The van der Waals surface area contributed by atoms with E-state index < -0.39 is 0 Å². The molecule has 0 aliphatic carbocycles. The summed E-state index contributed by atoms with van der Waals surface area (Å²) >= 11 is 4.88. The Bertz CT molecular complexity index is 772. The summed E-state index contributed by atoms with van der Waals surface area (Å²) in [7, 11) is 0. The number of nitrogens with zero attached hydrogens (tertiary/aromatic N) is 1. The number of benzene rings is 1. The molecule has 2 aromatic rings. The van der Waals surface area contributed by atoms with Crippen molar-refractivity contribution >= 4 is 17.2 Å². The standard InChI is InChI=1S/C14H15N3O2S/c1-8-9(2)14(19)17(16-13(8)18)7-10-3-5-11(6-4-10)12(15)20/h3-6H,7H2,1-2H3,(H2,15,20)(H,16,18). The van der Waals surface area contributed by atoms with Crippen molar-refractivity contribution in [3.63, 3.8) is 0 Å². The van der Waals surface area contributed by atoms with Gasteiger partial charge in [-0.3, -0.25) is 14.7 Å². The number of nitrogens with one attached hydrogen (secondary N) is 1. The second-order valence-corrected chi connectivity index (χ2v) is 5.08. The second kappa shape index (κ2) is 5.42. The summed E-state index contributed by atoms with van der Waals surface area (Å²) in [4.78, 5) is 24.1. The van der Waals surface area contributed by atoms with Gasteiger partial charge in [-0.1, -0.05) is 36.5 Å². The van der Waals surface area contributed by atoms with Crippen LogP contribution >= 0.6 is 12.2 Å². The monoisotopic (exact) mass is 289 g/mol. The molecule has 1 aromatic carbocycles. The zero-order valence-electron chi connectivity index (χ0n) is 11.3. The summed E-state index contributed by atoms with van der Waals surface area (Å²) in [5.74, 6) is 0. The Balaban J connectivity index is 2.38. The van der Waals surface area contributed by atoms with Crippen LogP contribution in [0.3, 0.4) is 0 Å². The van der Waals surface area contributed by atoms with Gasteiger partial charge in [-0.15, -0.1) is 0 Å². The molecule has 2 rings (SSSR count). The number of H-pyrrole nitrogens is 1. The first-order valence-corrected chi connectivity index (χ1v) is 6.50. The summed E-state index contributed by atoms with van der Waals surface area (Å²) in [6.07, 6.45) is 0. The third-order valence-electron chi connectivity index (χ3n) is 3.28. The first-order valence-electron chi connectivity index (χ1n) is 6.09. The molecule has 0 radical (unpaired) electrons. The molecule has 20 heavy (non-hydrogen) atoms. The average Bonchev–Trinajstić information content (AvgIpc) is 2.43. The van der Waals surface area contributed by atoms with E-state index >= 15 is 0 Å². The molecule has 0 saturated heterocycles. The summed E-state index contributed by atoms with van der Waals surface area (Å²) < 4.78 is 1.31. The average molecular weight is 289 g/mol. The molecule has 3 N–H and O–H groups in total. The van der Waals surface area contributed by atoms with Crippen LogP contribution in [0, 0.1) is 13.8 Å². The summed E-state index contributed by atoms with van der Waals surface area (Å²) in [6.45, 7) is 3.59. The molecule has 0 atom stereocenters. The lowest BCUT2D eigenvalue weighted by Gasteiger charge is -2.08. The van der Waals surface area contributed by atoms with Gasteiger partial charge < -0.3 is 5.73 Å². The number of aromatic amines is 1. The number of hydrogen-bond donors (Lipinski definition) is 2. The lowest BCUT2D eigenvalue weighted by atomic mass is 10.1. The van der Waals surface area contributed by atoms with Gasteiger partial charge in [0.15, 0.2) is 0 Å². The van der Waals surface area contributed by atoms with Crippen molar-refractivity contribution in [3.8, 4) is 0 Å². The third kappa shape index (κ3) is 2.70. The zero-order valence-corrected chi connectivity index (χ0v) is 12.1. The maximum absolute atomic E-state index is 12.1. The summed E-state index contributed by atoms with van der Waals surface area (Å²) in [5.41, 5.74) is 7.65. The molecule has 0 spiro atoms. The minimum absolute atomic E-state index is 0.194. The van der Waals surface area contributed by atoms with Crippen LogP contribution in [0.2, 0.25) is 0 Å². The van der Waals surface area contributed by atoms with E-state index in [2.05, 4.69) is 5.10 Å². The lowest BCUT2D eigenvalue weighted by Crippen LogP contribution is -2.33. The van der Waals surface area contributed by atoms with Gasteiger partial charge in [0, 0.05) is 16.7 Å². The fourth-order valence-electron chi connectivity index (χ4n) is 1.86. The topological polar surface area (TPSA) is 80.9 Å². The minimum Gasteiger partial charge on any atom is -0.389 e. The first kappa shape index (κ1) is 14.2. The molecule has 6 heteroatoms. The highest BCUT2D eigenvalue weighted by Gasteiger charge is 2.07. The van der Waals surface area contributed by atoms with E-state index in [0.717, 1.165) is 11.1 Å². The van der Waals surface area contributed by atoms with Crippen molar-refractivity contribution in [2.75, 3.05) is 0 Å². The fourth-order valence-corrected chi connectivity index (χ4v) is 1.99. The van der Waals surface area contributed by atoms with Crippen LogP contribution in [-0.2, 0) is 6.54 Å². The molecule has 0 saturated carbocycles. The van der Waals surface area contributed by atoms with Gasteiger partial charge in [0.25, 0.3) is 11.1 Å². The quantitative estimate of drug-likeness (QED) is 0.820. The number of nitrogens with two attached hydrogens (primary N) is 1. The molecule has 0 bridgehead atoms. The lowest BCUT2D eigenvalue weighted by molar-refractivity contribution is 0.618. The molecule has 0 fully saturated rings. The molecule has 104 valence electrons. The van der Waals surface area contributed by atoms with E-state index in [0.29, 0.717) is 22.7 Å². The zero-order chi connectivity index (χ0) is 14.9. The normalized spacial score (nSPS) is 10.5. The third-order valence-corrected chi connectivity index (χ3v) is 3.52. The van der Waals surface area contributed by atoms with Gasteiger partial charge in [0.05, 0.1) is 6.54 Å². The molecule has 1 heterocycles. The van der Waals surface area contributed by atoms with Gasteiger partial charge in [-0.2, -0.15) is 0 Å². The van der Waals surface area contributed by atoms with E-state index in [4.69, 9.17) is 18.0 Å². The Morgan fingerprint density at radius 2 is 1.80 bits per heavy atom. The van der Waals surface area contributed by atoms with E-state index in [1.165, 1.54) is 4.68 Å². The number of aromatic nitrogens is 2. The Hall–Kier alpha value is -2.21. The van der Waals surface area contributed by atoms with Crippen molar-refractivity contribution in [3.05, 3.63) is 67.2 Å².